The lowest BCUT2D eigenvalue weighted by Crippen LogP contribution is -2.19. The van der Waals surface area contributed by atoms with Crippen molar-refractivity contribution >= 4 is 48.8 Å². The Morgan fingerprint density at radius 1 is 1.19 bits per heavy atom. The van der Waals surface area contributed by atoms with Crippen molar-refractivity contribution in [3.8, 4) is 0 Å². The number of anilines is 1. The molecule has 7 heteroatoms. The largest absolute Gasteiger partial charge is 0.389 e. The molecule has 4 nitrogen and oxygen atoms in total. The van der Waals surface area contributed by atoms with Gasteiger partial charge in [0.15, 0.2) is 0 Å². The summed E-state index contributed by atoms with van der Waals surface area (Å²) < 4.78 is 28.1. The molecule has 0 bridgehead atoms. The lowest BCUT2D eigenvalue weighted by atomic mass is 10.1. The van der Waals surface area contributed by atoms with Crippen LogP contribution in [0, 0.1) is 6.92 Å². The van der Waals surface area contributed by atoms with Gasteiger partial charge in [0.05, 0.1) is 10.6 Å². The second kappa shape index (κ2) is 6.13. The van der Waals surface area contributed by atoms with Gasteiger partial charge in [-0.15, -0.1) is 0 Å². The van der Waals surface area contributed by atoms with Gasteiger partial charge in [-0.2, -0.15) is 0 Å². The number of benzene rings is 2. The van der Waals surface area contributed by atoms with Crippen LogP contribution in [0.15, 0.2) is 51.8 Å². The fourth-order valence-corrected chi connectivity index (χ4v) is 3.50. The van der Waals surface area contributed by atoms with Crippen LogP contribution in [0.4, 0.5) is 5.69 Å². The highest BCUT2D eigenvalue weighted by Gasteiger charge is 2.17. The van der Waals surface area contributed by atoms with E-state index >= 15 is 0 Å². The molecule has 0 aromatic heterocycles. The number of sulfonamides is 1. The summed E-state index contributed by atoms with van der Waals surface area (Å²) in [6, 6.07) is 11.6. The first kappa shape index (κ1) is 15.9. The van der Waals surface area contributed by atoms with Crippen molar-refractivity contribution in [1.29, 1.82) is 0 Å². The average molecular weight is 385 g/mol. The lowest BCUT2D eigenvalue weighted by Gasteiger charge is -2.14. The Morgan fingerprint density at radius 3 is 2.38 bits per heavy atom. The van der Waals surface area contributed by atoms with Gasteiger partial charge in [0, 0.05) is 10.0 Å². The number of nitrogens with two attached hydrogens (primary N) is 1. The summed E-state index contributed by atoms with van der Waals surface area (Å²) in [6.07, 6.45) is 0. The third kappa shape index (κ3) is 3.61. The Kier molecular flexibility index (Phi) is 4.65. The molecule has 0 aliphatic carbocycles. The number of halogens is 1. The van der Waals surface area contributed by atoms with Crippen LogP contribution < -0.4 is 10.5 Å². The van der Waals surface area contributed by atoms with E-state index in [4.69, 9.17) is 18.0 Å². The maximum Gasteiger partial charge on any atom is 0.261 e. The second-order valence-corrected chi connectivity index (χ2v) is 7.46. The highest BCUT2D eigenvalue weighted by atomic mass is 79.9. The van der Waals surface area contributed by atoms with E-state index in [1.54, 1.807) is 24.3 Å². The Labute approximate surface area is 137 Å². The summed E-state index contributed by atoms with van der Waals surface area (Å²) >= 11 is 8.27. The maximum atomic E-state index is 12.4. The molecule has 0 heterocycles. The quantitative estimate of drug-likeness (QED) is 0.793. The third-order valence-corrected chi connectivity index (χ3v) is 5.00. The van der Waals surface area contributed by atoms with E-state index in [0.29, 0.717) is 11.3 Å². The van der Waals surface area contributed by atoms with Crippen LogP contribution in [0.3, 0.4) is 0 Å². The van der Waals surface area contributed by atoms with Gasteiger partial charge in [-0.05, 0) is 42.8 Å². The number of nitrogens with one attached hydrogen (secondary N) is 1. The number of hydrogen-bond acceptors (Lipinski definition) is 3. The van der Waals surface area contributed by atoms with Gasteiger partial charge in [-0.25, -0.2) is 8.42 Å². The van der Waals surface area contributed by atoms with E-state index in [2.05, 4.69) is 20.7 Å². The summed E-state index contributed by atoms with van der Waals surface area (Å²) in [5, 5.41) is 0. The number of rotatable bonds is 4. The maximum absolute atomic E-state index is 12.4. The standard InChI is InChI=1S/C14H13BrN2O2S2/c1-9-3-2-4-12(13(9)14(16)20)17-21(18,19)11-7-5-10(15)6-8-11/h2-8,17H,1H3,(H2,16,20). The van der Waals surface area contributed by atoms with Gasteiger partial charge in [0.1, 0.15) is 4.99 Å². The molecule has 0 aliphatic rings. The van der Waals surface area contributed by atoms with Gasteiger partial charge in [0.2, 0.25) is 0 Å². The highest BCUT2D eigenvalue weighted by molar-refractivity contribution is 9.10. The van der Waals surface area contributed by atoms with E-state index in [1.807, 2.05) is 13.0 Å². The van der Waals surface area contributed by atoms with Crippen molar-refractivity contribution in [2.45, 2.75) is 11.8 Å². The topological polar surface area (TPSA) is 72.2 Å². The molecule has 0 radical (unpaired) electrons. The summed E-state index contributed by atoms with van der Waals surface area (Å²) in [7, 11) is -3.69. The number of aryl methyl sites for hydroxylation is 1. The Bertz CT molecular complexity index is 787. The predicted octanol–water partition coefficient (Wildman–Crippen LogP) is 3.19. The van der Waals surface area contributed by atoms with Crippen molar-refractivity contribution in [2.24, 2.45) is 5.73 Å². The zero-order valence-corrected chi connectivity index (χ0v) is 14.3. The molecule has 0 spiro atoms. The fraction of sp³-hybridized carbons (Fsp3) is 0.0714. The number of thiocarbonyl (C=S) groups is 1. The van der Waals surface area contributed by atoms with Crippen molar-refractivity contribution < 1.29 is 8.42 Å². The third-order valence-electron chi connectivity index (χ3n) is 2.89. The van der Waals surface area contributed by atoms with Crippen molar-refractivity contribution in [2.75, 3.05) is 4.72 Å². The Hall–Kier alpha value is -1.44. The normalized spacial score (nSPS) is 11.1. The Morgan fingerprint density at radius 2 is 1.81 bits per heavy atom. The number of hydrogen-bond donors (Lipinski definition) is 2. The zero-order chi connectivity index (χ0) is 15.6. The molecule has 0 saturated heterocycles. The summed E-state index contributed by atoms with van der Waals surface area (Å²) in [6.45, 7) is 1.83. The first-order valence-electron chi connectivity index (χ1n) is 5.99. The average Bonchev–Trinajstić information content (AvgIpc) is 2.38. The summed E-state index contributed by atoms with van der Waals surface area (Å²) in [5.41, 5.74) is 7.42. The second-order valence-electron chi connectivity index (χ2n) is 4.42. The van der Waals surface area contributed by atoms with E-state index in [0.717, 1.165) is 10.0 Å². The molecule has 0 fully saturated rings. The van der Waals surface area contributed by atoms with Crippen LogP contribution in [0.5, 0.6) is 0 Å². The molecule has 0 aliphatic heterocycles. The Balaban J connectivity index is 2.44. The van der Waals surface area contributed by atoms with Crippen LogP contribution >= 0.6 is 28.1 Å². The van der Waals surface area contributed by atoms with Crippen molar-refractivity contribution in [1.82, 2.24) is 0 Å². The molecule has 0 unspecified atom stereocenters. The molecule has 110 valence electrons. The van der Waals surface area contributed by atoms with Crippen LogP contribution in [0.2, 0.25) is 0 Å². The van der Waals surface area contributed by atoms with Gasteiger partial charge in [-0.1, -0.05) is 40.3 Å². The van der Waals surface area contributed by atoms with Crippen LogP contribution in [0.1, 0.15) is 11.1 Å². The first-order valence-corrected chi connectivity index (χ1v) is 8.67. The molecular weight excluding hydrogens is 372 g/mol. The minimum Gasteiger partial charge on any atom is -0.389 e. The molecule has 0 atom stereocenters. The summed E-state index contributed by atoms with van der Waals surface area (Å²) in [4.78, 5) is 0.322. The van der Waals surface area contributed by atoms with E-state index < -0.39 is 10.0 Å². The molecule has 2 aromatic carbocycles. The van der Waals surface area contributed by atoms with E-state index in [9.17, 15) is 8.42 Å². The van der Waals surface area contributed by atoms with Gasteiger partial charge in [0.25, 0.3) is 10.0 Å². The van der Waals surface area contributed by atoms with Crippen LogP contribution in [-0.2, 0) is 10.0 Å². The predicted molar refractivity (Wildman–Crippen MR) is 92.0 cm³/mol. The lowest BCUT2D eigenvalue weighted by molar-refractivity contribution is 0.601. The smallest absolute Gasteiger partial charge is 0.261 e. The van der Waals surface area contributed by atoms with E-state index in [1.165, 1.54) is 12.1 Å². The fourth-order valence-electron chi connectivity index (χ4n) is 1.90. The van der Waals surface area contributed by atoms with Crippen LogP contribution in [-0.4, -0.2) is 13.4 Å². The zero-order valence-electron chi connectivity index (χ0n) is 11.1. The van der Waals surface area contributed by atoms with Crippen LogP contribution in [0.25, 0.3) is 0 Å². The molecule has 21 heavy (non-hydrogen) atoms. The minimum atomic E-state index is -3.69. The van der Waals surface area contributed by atoms with Gasteiger partial charge >= 0.3 is 0 Å². The van der Waals surface area contributed by atoms with E-state index in [-0.39, 0.29) is 9.88 Å². The molecule has 2 aromatic rings. The summed E-state index contributed by atoms with van der Waals surface area (Å²) in [5.74, 6) is 0. The minimum absolute atomic E-state index is 0.154. The highest BCUT2D eigenvalue weighted by Crippen LogP contribution is 2.23. The molecule has 0 saturated carbocycles. The first-order chi connectivity index (χ1) is 9.81. The molecule has 0 amide bonds. The molecular formula is C14H13BrN2O2S2. The van der Waals surface area contributed by atoms with Crippen molar-refractivity contribution in [3.63, 3.8) is 0 Å². The van der Waals surface area contributed by atoms with Gasteiger partial charge in [-0.3, -0.25) is 4.72 Å². The van der Waals surface area contributed by atoms with Crippen molar-refractivity contribution in [3.05, 3.63) is 58.1 Å². The molecule has 3 N–H and O–H groups in total. The monoisotopic (exact) mass is 384 g/mol. The van der Waals surface area contributed by atoms with Gasteiger partial charge < -0.3 is 5.73 Å². The molecule has 2 rings (SSSR count). The SMILES string of the molecule is Cc1cccc(NS(=O)(=O)c2ccc(Br)cc2)c1C(N)=S.